The van der Waals surface area contributed by atoms with E-state index in [2.05, 4.69) is 15.5 Å². The Morgan fingerprint density at radius 2 is 2.21 bits per heavy atom. The molecule has 1 aliphatic heterocycles. The third kappa shape index (κ3) is 1.89. The first kappa shape index (κ1) is 11.8. The van der Waals surface area contributed by atoms with E-state index in [0.29, 0.717) is 12.2 Å². The third-order valence-corrected chi connectivity index (χ3v) is 3.39. The summed E-state index contributed by atoms with van der Waals surface area (Å²) in [6.07, 6.45) is 2.05. The van der Waals surface area contributed by atoms with Crippen LogP contribution in [-0.4, -0.2) is 24.2 Å². The van der Waals surface area contributed by atoms with Gasteiger partial charge in [-0.05, 0) is 37.3 Å². The predicted octanol–water partition coefficient (Wildman–Crippen LogP) is 2.74. The van der Waals surface area contributed by atoms with Gasteiger partial charge >= 0.3 is 5.97 Å². The molecule has 0 unspecified atom stereocenters. The molecule has 3 rings (SSSR count). The van der Waals surface area contributed by atoms with Crippen molar-refractivity contribution in [2.75, 3.05) is 18.6 Å². The summed E-state index contributed by atoms with van der Waals surface area (Å²) < 4.78 is 7.22. The van der Waals surface area contributed by atoms with Crippen molar-refractivity contribution in [2.45, 2.75) is 13.6 Å². The van der Waals surface area contributed by atoms with Crippen LogP contribution in [0.2, 0.25) is 0 Å². The SMILES string of the molecule is CCOC(=O)c1ccc2c(c1)-c1cccn1CN2C. The van der Waals surface area contributed by atoms with Gasteiger partial charge in [0.25, 0.3) is 0 Å². The molecule has 19 heavy (non-hydrogen) atoms. The summed E-state index contributed by atoms with van der Waals surface area (Å²) in [7, 11) is 2.05. The minimum absolute atomic E-state index is 0.267. The largest absolute Gasteiger partial charge is 0.462 e. The zero-order valence-electron chi connectivity index (χ0n) is 11.1. The number of nitrogens with zero attached hydrogens (tertiary/aromatic N) is 2. The molecule has 0 fully saturated rings. The van der Waals surface area contributed by atoms with Crippen molar-refractivity contribution < 1.29 is 9.53 Å². The molecular weight excluding hydrogens is 240 g/mol. The number of rotatable bonds is 2. The zero-order valence-corrected chi connectivity index (χ0v) is 11.1. The Hall–Kier alpha value is -2.23. The number of ether oxygens (including phenoxy) is 1. The number of hydrogen-bond acceptors (Lipinski definition) is 3. The van der Waals surface area contributed by atoms with Gasteiger partial charge in [-0.15, -0.1) is 0 Å². The summed E-state index contributed by atoms with van der Waals surface area (Å²) in [5.41, 5.74) is 3.95. The smallest absolute Gasteiger partial charge is 0.338 e. The Morgan fingerprint density at radius 1 is 1.37 bits per heavy atom. The summed E-state index contributed by atoms with van der Waals surface area (Å²) in [6, 6.07) is 9.81. The van der Waals surface area contributed by atoms with Gasteiger partial charge in [-0.1, -0.05) is 0 Å². The van der Waals surface area contributed by atoms with Crippen molar-refractivity contribution >= 4 is 11.7 Å². The van der Waals surface area contributed by atoms with Gasteiger partial charge in [-0.2, -0.15) is 0 Å². The summed E-state index contributed by atoms with van der Waals surface area (Å²) in [5, 5.41) is 0. The second-order valence-electron chi connectivity index (χ2n) is 4.65. The number of fused-ring (bicyclic) bond motifs is 3. The Morgan fingerprint density at radius 3 is 3.00 bits per heavy atom. The molecule has 0 atom stereocenters. The minimum Gasteiger partial charge on any atom is -0.462 e. The average molecular weight is 256 g/mol. The van der Waals surface area contributed by atoms with E-state index in [4.69, 9.17) is 4.74 Å². The lowest BCUT2D eigenvalue weighted by molar-refractivity contribution is 0.0526. The topological polar surface area (TPSA) is 34.5 Å². The molecule has 1 aromatic heterocycles. The van der Waals surface area contributed by atoms with Crippen LogP contribution in [0.3, 0.4) is 0 Å². The zero-order chi connectivity index (χ0) is 13.4. The standard InChI is InChI=1S/C15H16N2O2/c1-3-19-15(18)11-6-7-13-12(9-11)14-5-4-8-17(14)10-16(13)2/h4-9H,3,10H2,1-2H3. The molecule has 0 N–H and O–H groups in total. The Balaban J connectivity index is 2.09. The Kier molecular flexibility index (Phi) is 2.78. The van der Waals surface area contributed by atoms with Gasteiger partial charge < -0.3 is 14.2 Å². The molecule has 98 valence electrons. The quantitative estimate of drug-likeness (QED) is 0.775. The number of anilines is 1. The molecule has 0 bridgehead atoms. The molecule has 0 radical (unpaired) electrons. The summed E-state index contributed by atoms with van der Waals surface area (Å²) in [5.74, 6) is -0.267. The van der Waals surface area contributed by atoms with Crippen LogP contribution in [0.1, 0.15) is 17.3 Å². The second kappa shape index (κ2) is 4.46. The van der Waals surface area contributed by atoms with Crippen molar-refractivity contribution in [3.05, 3.63) is 42.1 Å². The fraction of sp³-hybridized carbons (Fsp3) is 0.267. The number of aromatic nitrogens is 1. The van der Waals surface area contributed by atoms with E-state index >= 15 is 0 Å². The number of benzene rings is 1. The molecule has 1 aliphatic rings. The first-order chi connectivity index (χ1) is 9.20. The van der Waals surface area contributed by atoms with E-state index in [1.807, 2.05) is 44.4 Å². The van der Waals surface area contributed by atoms with Gasteiger partial charge in [-0.3, -0.25) is 0 Å². The summed E-state index contributed by atoms with van der Waals surface area (Å²) in [6.45, 7) is 3.04. The van der Waals surface area contributed by atoms with Crippen molar-refractivity contribution in [3.8, 4) is 11.3 Å². The molecule has 4 heteroatoms. The first-order valence-corrected chi connectivity index (χ1v) is 6.38. The third-order valence-electron chi connectivity index (χ3n) is 3.39. The van der Waals surface area contributed by atoms with Crippen LogP contribution in [0.4, 0.5) is 5.69 Å². The van der Waals surface area contributed by atoms with Gasteiger partial charge in [0, 0.05) is 24.5 Å². The molecule has 4 nitrogen and oxygen atoms in total. The highest BCUT2D eigenvalue weighted by Gasteiger charge is 2.20. The minimum atomic E-state index is -0.267. The van der Waals surface area contributed by atoms with Crippen molar-refractivity contribution in [2.24, 2.45) is 0 Å². The van der Waals surface area contributed by atoms with E-state index in [0.717, 1.165) is 23.6 Å². The van der Waals surface area contributed by atoms with E-state index in [9.17, 15) is 4.79 Å². The van der Waals surface area contributed by atoms with Gasteiger partial charge in [0.05, 0.1) is 24.5 Å². The summed E-state index contributed by atoms with van der Waals surface area (Å²) in [4.78, 5) is 14.0. The molecular formula is C15H16N2O2. The highest BCUT2D eigenvalue weighted by atomic mass is 16.5. The highest BCUT2D eigenvalue weighted by molar-refractivity contribution is 5.93. The molecule has 0 saturated carbocycles. The maximum absolute atomic E-state index is 11.8. The number of hydrogen-bond donors (Lipinski definition) is 0. The predicted molar refractivity (Wildman–Crippen MR) is 74.2 cm³/mol. The van der Waals surface area contributed by atoms with Gasteiger partial charge in [0.1, 0.15) is 0 Å². The van der Waals surface area contributed by atoms with E-state index < -0.39 is 0 Å². The van der Waals surface area contributed by atoms with Gasteiger partial charge in [-0.25, -0.2) is 4.79 Å². The maximum atomic E-state index is 11.8. The second-order valence-corrected chi connectivity index (χ2v) is 4.65. The lowest BCUT2D eigenvalue weighted by Crippen LogP contribution is -2.26. The van der Waals surface area contributed by atoms with Crippen LogP contribution in [-0.2, 0) is 11.4 Å². The van der Waals surface area contributed by atoms with E-state index in [1.165, 1.54) is 0 Å². The molecule has 0 saturated heterocycles. The lowest BCUT2D eigenvalue weighted by atomic mass is 10.0. The van der Waals surface area contributed by atoms with E-state index in [1.54, 1.807) is 0 Å². The van der Waals surface area contributed by atoms with Crippen LogP contribution >= 0.6 is 0 Å². The monoisotopic (exact) mass is 256 g/mol. The van der Waals surface area contributed by atoms with Crippen molar-refractivity contribution in [1.82, 2.24) is 4.57 Å². The lowest BCUT2D eigenvalue weighted by Gasteiger charge is -2.29. The molecule has 1 aromatic carbocycles. The maximum Gasteiger partial charge on any atom is 0.338 e. The number of carbonyl (C=O) groups is 1. The Labute approximate surface area is 112 Å². The van der Waals surface area contributed by atoms with Crippen molar-refractivity contribution in [1.29, 1.82) is 0 Å². The van der Waals surface area contributed by atoms with E-state index in [-0.39, 0.29) is 5.97 Å². The van der Waals surface area contributed by atoms with Gasteiger partial charge in [0.2, 0.25) is 0 Å². The number of esters is 1. The first-order valence-electron chi connectivity index (χ1n) is 6.38. The Bertz CT molecular complexity index is 631. The fourth-order valence-corrected chi connectivity index (χ4v) is 2.50. The highest BCUT2D eigenvalue weighted by Crippen LogP contribution is 2.35. The average Bonchev–Trinajstić information content (AvgIpc) is 2.87. The molecule has 0 amide bonds. The van der Waals surface area contributed by atoms with Crippen LogP contribution in [0, 0.1) is 0 Å². The molecule has 2 aromatic rings. The van der Waals surface area contributed by atoms with Crippen LogP contribution in [0.25, 0.3) is 11.3 Å². The molecule has 2 heterocycles. The van der Waals surface area contributed by atoms with Crippen LogP contribution < -0.4 is 4.90 Å². The number of carbonyl (C=O) groups excluding carboxylic acids is 1. The summed E-state index contributed by atoms with van der Waals surface area (Å²) >= 11 is 0. The molecule has 0 spiro atoms. The van der Waals surface area contributed by atoms with Crippen molar-refractivity contribution in [3.63, 3.8) is 0 Å². The molecule has 0 aliphatic carbocycles. The van der Waals surface area contributed by atoms with Crippen LogP contribution in [0.15, 0.2) is 36.5 Å². The normalized spacial score (nSPS) is 12.8. The van der Waals surface area contributed by atoms with Crippen LogP contribution in [0.5, 0.6) is 0 Å². The fourth-order valence-electron chi connectivity index (χ4n) is 2.50. The van der Waals surface area contributed by atoms with Gasteiger partial charge in [0.15, 0.2) is 0 Å².